The van der Waals surface area contributed by atoms with Crippen molar-refractivity contribution in [3.05, 3.63) is 59.4 Å². The van der Waals surface area contributed by atoms with Crippen LogP contribution in [0.2, 0.25) is 0 Å². The SMILES string of the molecule is CNC(=O)c1cc(-c2ccc(F)cc2)cc(C(F)(F)F)c1. The third-order valence-corrected chi connectivity index (χ3v) is 2.93. The van der Waals surface area contributed by atoms with Crippen LogP contribution in [0, 0.1) is 5.82 Å². The highest BCUT2D eigenvalue weighted by atomic mass is 19.4. The molecule has 2 aromatic carbocycles. The summed E-state index contributed by atoms with van der Waals surface area (Å²) < 4.78 is 51.6. The molecule has 0 spiro atoms. The predicted octanol–water partition coefficient (Wildman–Crippen LogP) is 3.87. The molecule has 0 saturated carbocycles. The molecule has 2 nitrogen and oxygen atoms in total. The van der Waals surface area contributed by atoms with Crippen LogP contribution in [0.15, 0.2) is 42.5 Å². The molecule has 0 unspecified atom stereocenters. The molecule has 0 aliphatic heterocycles. The van der Waals surface area contributed by atoms with Crippen molar-refractivity contribution in [3.8, 4) is 11.1 Å². The molecule has 0 aromatic heterocycles. The van der Waals surface area contributed by atoms with E-state index in [9.17, 15) is 22.4 Å². The Morgan fingerprint density at radius 2 is 1.62 bits per heavy atom. The van der Waals surface area contributed by atoms with Gasteiger partial charge in [-0.25, -0.2) is 4.39 Å². The molecule has 0 radical (unpaired) electrons. The maximum atomic E-state index is 12.9. The number of carbonyl (C=O) groups excluding carboxylic acids is 1. The van der Waals surface area contributed by atoms with Gasteiger partial charge in [0.1, 0.15) is 5.82 Å². The molecule has 1 N–H and O–H groups in total. The van der Waals surface area contributed by atoms with E-state index < -0.39 is 23.5 Å². The number of halogens is 4. The van der Waals surface area contributed by atoms with Crippen molar-refractivity contribution in [2.75, 3.05) is 7.05 Å². The monoisotopic (exact) mass is 297 g/mol. The van der Waals surface area contributed by atoms with Crippen LogP contribution in [0.1, 0.15) is 15.9 Å². The third kappa shape index (κ3) is 3.39. The lowest BCUT2D eigenvalue weighted by Gasteiger charge is -2.12. The number of nitrogens with one attached hydrogen (secondary N) is 1. The number of hydrogen-bond donors (Lipinski definition) is 1. The first-order chi connectivity index (χ1) is 9.81. The van der Waals surface area contributed by atoms with E-state index in [1.54, 1.807) is 0 Å². The number of carbonyl (C=O) groups is 1. The molecule has 0 bridgehead atoms. The van der Waals surface area contributed by atoms with Crippen molar-refractivity contribution in [3.63, 3.8) is 0 Å². The van der Waals surface area contributed by atoms with Crippen LogP contribution < -0.4 is 5.32 Å². The summed E-state index contributed by atoms with van der Waals surface area (Å²) in [5.41, 5.74) is -0.439. The summed E-state index contributed by atoms with van der Waals surface area (Å²) in [5.74, 6) is -1.11. The summed E-state index contributed by atoms with van der Waals surface area (Å²) in [4.78, 5) is 11.6. The van der Waals surface area contributed by atoms with Gasteiger partial charge in [0.2, 0.25) is 0 Å². The van der Waals surface area contributed by atoms with Crippen LogP contribution in [-0.2, 0) is 6.18 Å². The fourth-order valence-corrected chi connectivity index (χ4v) is 1.88. The second-order valence-corrected chi connectivity index (χ2v) is 4.38. The van der Waals surface area contributed by atoms with Crippen LogP contribution >= 0.6 is 0 Å². The first kappa shape index (κ1) is 15.0. The Kier molecular flexibility index (Phi) is 3.97. The lowest BCUT2D eigenvalue weighted by molar-refractivity contribution is -0.137. The minimum atomic E-state index is -4.57. The van der Waals surface area contributed by atoms with Crippen molar-refractivity contribution in [1.82, 2.24) is 5.32 Å². The molecule has 6 heteroatoms. The van der Waals surface area contributed by atoms with Gasteiger partial charge in [0.05, 0.1) is 5.56 Å². The summed E-state index contributed by atoms with van der Waals surface area (Å²) >= 11 is 0. The van der Waals surface area contributed by atoms with Gasteiger partial charge in [-0.05, 0) is 41.5 Å². The number of rotatable bonds is 2. The number of hydrogen-bond acceptors (Lipinski definition) is 1. The maximum absolute atomic E-state index is 12.9. The molecule has 0 fully saturated rings. The topological polar surface area (TPSA) is 29.1 Å². The maximum Gasteiger partial charge on any atom is 0.416 e. The molecule has 2 rings (SSSR count). The van der Waals surface area contributed by atoms with Gasteiger partial charge in [-0.3, -0.25) is 4.79 Å². The number of alkyl halides is 3. The highest BCUT2D eigenvalue weighted by Crippen LogP contribution is 2.33. The second kappa shape index (κ2) is 5.55. The van der Waals surface area contributed by atoms with Gasteiger partial charge in [0.25, 0.3) is 5.91 Å². The zero-order valence-corrected chi connectivity index (χ0v) is 11.0. The van der Waals surface area contributed by atoms with Crippen molar-refractivity contribution < 1.29 is 22.4 Å². The van der Waals surface area contributed by atoms with Crippen molar-refractivity contribution in [2.24, 2.45) is 0 Å². The Labute approximate surface area is 118 Å². The first-order valence-electron chi connectivity index (χ1n) is 6.01. The Bertz CT molecular complexity index is 662. The molecule has 21 heavy (non-hydrogen) atoms. The highest BCUT2D eigenvalue weighted by Gasteiger charge is 2.31. The Balaban J connectivity index is 2.59. The number of amides is 1. The molecular weight excluding hydrogens is 286 g/mol. The molecular formula is C15H11F4NO. The van der Waals surface area contributed by atoms with Gasteiger partial charge in [0, 0.05) is 12.6 Å². The largest absolute Gasteiger partial charge is 0.416 e. The first-order valence-corrected chi connectivity index (χ1v) is 6.01. The molecule has 0 aliphatic rings. The van der Waals surface area contributed by atoms with Crippen molar-refractivity contribution >= 4 is 5.91 Å². The van der Waals surface area contributed by atoms with E-state index in [4.69, 9.17) is 0 Å². The van der Waals surface area contributed by atoms with Crippen LogP contribution in [0.3, 0.4) is 0 Å². The summed E-state index contributed by atoms with van der Waals surface area (Å²) in [6.45, 7) is 0. The van der Waals surface area contributed by atoms with Gasteiger partial charge in [0.15, 0.2) is 0 Å². The van der Waals surface area contributed by atoms with Gasteiger partial charge in [-0.2, -0.15) is 13.2 Å². The highest BCUT2D eigenvalue weighted by molar-refractivity contribution is 5.95. The standard InChI is InChI=1S/C15H11F4NO/c1-20-14(21)11-6-10(7-12(8-11)15(17,18)19)9-2-4-13(16)5-3-9/h2-8H,1H3,(H,20,21). The lowest BCUT2D eigenvalue weighted by atomic mass is 9.99. The second-order valence-electron chi connectivity index (χ2n) is 4.38. The zero-order valence-electron chi connectivity index (χ0n) is 11.0. The molecule has 110 valence electrons. The molecule has 1 amide bonds. The van der Waals surface area contributed by atoms with Crippen LogP contribution in [0.5, 0.6) is 0 Å². The zero-order chi connectivity index (χ0) is 15.6. The van der Waals surface area contributed by atoms with Gasteiger partial charge >= 0.3 is 6.18 Å². The Morgan fingerprint density at radius 3 is 2.14 bits per heavy atom. The van der Waals surface area contributed by atoms with Gasteiger partial charge < -0.3 is 5.32 Å². The molecule has 0 atom stereocenters. The molecule has 0 saturated heterocycles. The van der Waals surface area contributed by atoms with Crippen molar-refractivity contribution in [2.45, 2.75) is 6.18 Å². The van der Waals surface area contributed by atoms with E-state index in [0.717, 1.165) is 24.3 Å². The summed E-state index contributed by atoms with van der Waals surface area (Å²) in [7, 11) is 1.33. The normalized spacial score (nSPS) is 11.3. The molecule has 0 aliphatic carbocycles. The van der Waals surface area contributed by atoms with E-state index in [0.29, 0.717) is 5.56 Å². The molecule has 2 aromatic rings. The van der Waals surface area contributed by atoms with Crippen LogP contribution in [0.4, 0.5) is 17.6 Å². The summed E-state index contributed by atoms with van der Waals surface area (Å²) in [6.07, 6.45) is -4.57. The predicted molar refractivity (Wildman–Crippen MR) is 70.2 cm³/mol. The smallest absolute Gasteiger partial charge is 0.355 e. The molecule has 0 heterocycles. The van der Waals surface area contributed by atoms with Crippen molar-refractivity contribution in [1.29, 1.82) is 0 Å². The van der Waals surface area contributed by atoms with Crippen LogP contribution in [-0.4, -0.2) is 13.0 Å². The summed E-state index contributed by atoms with van der Waals surface area (Å²) in [6, 6.07) is 8.06. The lowest BCUT2D eigenvalue weighted by Crippen LogP contribution is -2.19. The Morgan fingerprint density at radius 1 is 1.00 bits per heavy atom. The van der Waals surface area contributed by atoms with E-state index in [-0.39, 0.29) is 11.1 Å². The Hall–Kier alpha value is -2.37. The average Bonchev–Trinajstić information content (AvgIpc) is 2.45. The van der Waals surface area contributed by atoms with Gasteiger partial charge in [-0.1, -0.05) is 12.1 Å². The minimum absolute atomic E-state index is 0.105. The fourth-order valence-electron chi connectivity index (χ4n) is 1.88. The third-order valence-electron chi connectivity index (χ3n) is 2.93. The number of benzene rings is 2. The summed E-state index contributed by atoms with van der Waals surface area (Å²) in [5, 5.41) is 2.28. The average molecular weight is 297 g/mol. The minimum Gasteiger partial charge on any atom is -0.355 e. The van der Waals surface area contributed by atoms with E-state index >= 15 is 0 Å². The quantitative estimate of drug-likeness (QED) is 0.838. The van der Waals surface area contributed by atoms with E-state index in [2.05, 4.69) is 5.32 Å². The fraction of sp³-hybridized carbons (Fsp3) is 0.133. The van der Waals surface area contributed by atoms with Crippen LogP contribution in [0.25, 0.3) is 11.1 Å². The van der Waals surface area contributed by atoms with E-state index in [1.807, 2.05) is 0 Å². The van der Waals surface area contributed by atoms with Gasteiger partial charge in [-0.15, -0.1) is 0 Å². The van der Waals surface area contributed by atoms with E-state index in [1.165, 1.54) is 25.2 Å².